The van der Waals surface area contributed by atoms with Crippen LogP contribution in [-0.4, -0.2) is 20.8 Å². The van der Waals surface area contributed by atoms with Gasteiger partial charge in [-0.3, -0.25) is 11.3 Å². The molecule has 1 rings (SSSR count). The SMILES string of the molecule is COCC(NN)c1c(F)cccc1OC. The van der Waals surface area contributed by atoms with Gasteiger partial charge in [-0.05, 0) is 12.1 Å². The third-order valence-corrected chi connectivity index (χ3v) is 2.12. The molecule has 4 nitrogen and oxygen atoms in total. The number of halogens is 1. The van der Waals surface area contributed by atoms with Gasteiger partial charge in [-0.1, -0.05) is 6.07 Å². The Labute approximate surface area is 88.1 Å². The first kappa shape index (κ1) is 11.9. The lowest BCUT2D eigenvalue weighted by atomic mass is 10.1. The van der Waals surface area contributed by atoms with Gasteiger partial charge in [0.15, 0.2) is 0 Å². The van der Waals surface area contributed by atoms with Crippen molar-refractivity contribution >= 4 is 0 Å². The summed E-state index contributed by atoms with van der Waals surface area (Å²) in [6.07, 6.45) is 0. The minimum atomic E-state index is -0.425. The number of benzene rings is 1. The molecule has 5 heteroatoms. The molecule has 0 spiro atoms. The zero-order chi connectivity index (χ0) is 11.3. The van der Waals surface area contributed by atoms with E-state index in [1.165, 1.54) is 20.3 Å². The van der Waals surface area contributed by atoms with Crippen molar-refractivity contribution in [3.63, 3.8) is 0 Å². The zero-order valence-electron chi connectivity index (χ0n) is 8.79. The molecule has 0 aliphatic rings. The first-order chi connectivity index (χ1) is 7.24. The number of hydrogen-bond acceptors (Lipinski definition) is 4. The van der Waals surface area contributed by atoms with Crippen LogP contribution < -0.4 is 16.0 Å². The van der Waals surface area contributed by atoms with E-state index in [9.17, 15) is 4.39 Å². The summed E-state index contributed by atoms with van der Waals surface area (Å²) in [5.74, 6) is 5.42. The Morgan fingerprint density at radius 3 is 2.73 bits per heavy atom. The van der Waals surface area contributed by atoms with Gasteiger partial charge in [0, 0.05) is 7.11 Å². The highest BCUT2D eigenvalue weighted by Crippen LogP contribution is 2.27. The highest BCUT2D eigenvalue weighted by molar-refractivity contribution is 5.37. The fraction of sp³-hybridized carbons (Fsp3) is 0.400. The first-order valence-electron chi connectivity index (χ1n) is 4.52. The molecule has 1 atom stereocenters. The van der Waals surface area contributed by atoms with Crippen molar-refractivity contribution < 1.29 is 13.9 Å². The van der Waals surface area contributed by atoms with Crippen LogP contribution in [0.5, 0.6) is 5.75 Å². The molecule has 1 aromatic rings. The van der Waals surface area contributed by atoms with E-state index in [1.807, 2.05) is 0 Å². The summed E-state index contributed by atoms with van der Waals surface area (Å²) < 4.78 is 23.6. The van der Waals surface area contributed by atoms with Gasteiger partial charge < -0.3 is 9.47 Å². The Morgan fingerprint density at radius 1 is 1.47 bits per heavy atom. The molecule has 1 unspecified atom stereocenters. The van der Waals surface area contributed by atoms with Crippen LogP contribution in [0.15, 0.2) is 18.2 Å². The average Bonchev–Trinajstić information content (AvgIpc) is 2.26. The van der Waals surface area contributed by atoms with Crippen molar-refractivity contribution in [2.75, 3.05) is 20.8 Å². The van der Waals surface area contributed by atoms with E-state index in [4.69, 9.17) is 15.3 Å². The van der Waals surface area contributed by atoms with Crippen LogP contribution in [0.4, 0.5) is 4.39 Å². The molecule has 0 aliphatic heterocycles. The molecule has 0 radical (unpaired) electrons. The molecule has 0 heterocycles. The molecule has 0 bridgehead atoms. The van der Waals surface area contributed by atoms with Crippen LogP contribution >= 0.6 is 0 Å². The summed E-state index contributed by atoms with van der Waals surface area (Å²) in [4.78, 5) is 0. The Morgan fingerprint density at radius 2 is 2.20 bits per heavy atom. The van der Waals surface area contributed by atoms with Gasteiger partial charge in [0.05, 0.1) is 25.3 Å². The molecule has 0 amide bonds. The summed E-state index contributed by atoms with van der Waals surface area (Å²) in [5.41, 5.74) is 2.87. The summed E-state index contributed by atoms with van der Waals surface area (Å²) in [6, 6.07) is 4.19. The van der Waals surface area contributed by atoms with Crippen molar-refractivity contribution in [3.05, 3.63) is 29.6 Å². The van der Waals surface area contributed by atoms with E-state index in [0.29, 0.717) is 11.3 Å². The topological polar surface area (TPSA) is 56.5 Å². The summed E-state index contributed by atoms with van der Waals surface area (Å²) in [6.45, 7) is 0.272. The number of hydrogen-bond donors (Lipinski definition) is 2. The van der Waals surface area contributed by atoms with Gasteiger partial charge in [-0.25, -0.2) is 4.39 Å². The number of nitrogens with two attached hydrogens (primary N) is 1. The minimum absolute atomic E-state index is 0.272. The zero-order valence-corrected chi connectivity index (χ0v) is 8.79. The van der Waals surface area contributed by atoms with Crippen LogP contribution in [0.3, 0.4) is 0 Å². The fourth-order valence-electron chi connectivity index (χ4n) is 1.41. The Bertz CT molecular complexity index is 320. The van der Waals surface area contributed by atoms with Crippen LogP contribution in [0, 0.1) is 5.82 Å². The lowest BCUT2D eigenvalue weighted by molar-refractivity contribution is 0.164. The smallest absolute Gasteiger partial charge is 0.131 e. The van der Waals surface area contributed by atoms with E-state index in [0.717, 1.165) is 0 Å². The molecule has 0 aromatic heterocycles. The van der Waals surface area contributed by atoms with Gasteiger partial charge in [0.25, 0.3) is 0 Å². The Kier molecular flexibility index (Phi) is 4.48. The second-order valence-electron chi connectivity index (χ2n) is 3.03. The molecule has 0 saturated heterocycles. The van der Waals surface area contributed by atoms with E-state index in [1.54, 1.807) is 12.1 Å². The predicted molar refractivity (Wildman–Crippen MR) is 54.9 cm³/mol. The molecule has 15 heavy (non-hydrogen) atoms. The van der Waals surface area contributed by atoms with Crippen LogP contribution in [-0.2, 0) is 4.74 Å². The van der Waals surface area contributed by atoms with Crippen LogP contribution in [0.1, 0.15) is 11.6 Å². The van der Waals surface area contributed by atoms with E-state index in [2.05, 4.69) is 5.43 Å². The van der Waals surface area contributed by atoms with Crippen LogP contribution in [0.25, 0.3) is 0 Å². The normalized spacial score (nSPS) is 12.5. The van der Waals surface area contributed by atoms with Gasteiger partial charge in [0.1, 0.15) is 11.6 Å². The number of hydrazine groups is 1. The molecule has 0 saturated carbocycles. The maximum absolute atomic E-state index is 13.6. The van der Waals surface area contributed by atoms with Gasteiger partial charge in [-0.15, -0.1) is 0 Å². The fourth-order valence-corrected chi connectivity index (χ4v) is 1.41. The van der Waals surface area contributed by atoms with E-state index >= 15 is 0 Å². The van der Waals surface area contributed by atoms with Crippen LogP contribution in [0.2, 0.25) is 0 Å². The summed E-state index contributed by atoms with van der Waals surface area (Å²) >= 11 is 0. The molecule has 3 N–H and O–H groups in total. The quantitative estimate of drug-likeness (QED) is 0.567. The maximum atomic E-state index is 13.6. The van der Waals surface area contributed by atoms with Crippen molar-refractivity contribution in [2.45, 2.75) is 6.04 Å². The Balaban J connectivity index is 3.08. The molecule has 1 aromatic carbocycles. The van der Waals surface area contributed by atoms with Crippen molar-refractivity contribution in [2.24, 2.45) is 5.84 Å². The van der Waals surface area contributed by atoms with E-state index in [-0.39, 0.29) is 12.4 Å². The van der Waals surface area contributed by atoms with Gasteiger partial charge >= 0.3 is 0 Å². The van der Waals surface area contributed by atoms with E-state index < -0.39 is 6.04 Å². The van der Waals surface area contributed by atoms with Crippen molar-refractivity contribution in [1.82, 2.24) is 5.43 Å². The number of methoxy groups -OCH3 is 2. The third kappa shape index (κ3) is 2.65. The standard InChI is InChI=1S/C10H15FN2O2/c1-14-6-8(13-12)10-7(11)4-3-5-9(10)15-2/h3-5,8,13H,6,12H2,1-2H3. The highest BCUT2D eigenvalue weighted by Gasteiger charge is 2.18. The maximum Gasteiger partial charge on any atom is 0.131 e. The second-order valence-corrected chi connectivity index (χ2v) is 3.03. The highest BCUT2D eigenvalue weighted by atomic mass is 19.1. The summed E-state index contributed by atoms with van der Waals surface area (Å²) in [7, 11) is 3.01. The lowest BCUT2D eigenvalue weighted by Crippen LogP contribution is -2.32. The number of ether oxygens (including phenoxy) is 2. The van der Waals surface area contributed by atoms with Crippen molar-refractivity contribution in [3.8, 4) is 5.75 Å². The van der Waals surface area contributed by atoms with Gasteiger partial charge in [0.2, 0.25) is 0 Å². The van der Waals surface area contributed by atoms with Gasteiger partial charge in [-0.2, -0.15) is 0 Å². The third-order valence-electron chi connectivity index (χ3n) is 2.12. The number of nitrogens with one attached hydrogen (secondary N) is 1. The summed E-state index contributed by atoms with van der Waals surface area (Å²) in [5, 5.41) is 0. The monoisotopic (exact) mass is 214 g/mol. The molecule has 0 fully saturated rings. The molecular formula is C10H15FN2O2. The lowest BCUT2D eigenvalue weighted by Gasteiger charge is -2.18. The average molecular weight is 214 g/mol. The second kappa shape index (κ2) is 5.65. The predicted octanol–water partition coefficient (Wildman–Crippen LogP) is 0.985. The Hall–Kier alpha value is -1.17. The molecule has 84 valence electrons. The molecule has 0 aliphatic carbocycles. The number of rotatable bonds is 5. The molecular weight excluding hydrogens is 199 g/mol. The largest absolute Gasteiger partial charge is 0.496 e. The van der Waals surface area contributed by atoms with Crippen molar-refractivity contribution in [1.29, 1.82) is 0 Å². The first-order valence-corrected chi connectivity index (χ1v) is 4.52. The minimum Gasteiger partial charge on any atom is -0.496 e.